The summed E-state index contributed by atoms with van der Waals surface area (Å²) in [6.45, 7) is 8.68. The van der Waals surface area contributed by atoms with E-state index in [4.69, 9.17) is 28.9 Å². The van der Waals surface area contributed by atoms with Crippen LogP contribution in [0.2, 0.25) is 0 Å². The Morgan fingerprint density at radius 3 is 2.50 bits per heavy atom. The van der Waals surface area contributed by atoms with E-state index in [-0.39, 0.29) is 0 Å². The van der Waals surface area contributed by atoms with Crippen molar-refractivity contribution in [2.45, 2.75) is 38.1 Å². The van der Waals surface area contributed by atoms with E-state index in [2.05, 4.69) is 15.1 Å². The number of ether oxygens (including phenoxy) is 4. The minimum atomic E-state index is 0.330. The monoisotopic (exact) mass is 471 g/mol. The minimum Gasteiger partial charge on any atom is -0.493 e. The lowest BCUT2D eigenvalue weighted by Gasteiger charge is -2.29. The van der Waals surface area contributed by atoms with Crippen LogP contribution in [0.5, 0.6) is 11.5 Å². The molecule has 4 heterocycles. The first-order valence-electron chi connectivity index (χ1n) is 12.7. The van der Waals surface area contributed by atoms with Gasteiger partial charge in [0.05, 0.1) is 32.4 Å². The van der Waals surface area contributed by atoms with Crippen molar-refractivity contribution in [3.8, 4) is 11.5 Å². The largest absolute Gasteiger partial charge is 0.493 e. The zero-order valence-electron chi connectivity index (χ0n) is 20.3. The smallest absolute Gasteiger partial charge is 0.228 e. The van der Waals surface area contributed by atoms with Gasteiger partial charge in [-0.15, -0.1) is 0 Å². The van der Waals surface area contributed by atoms with E-state index in [1.54, 1.807) is 7.11 Å². The molecular formula is C25H37N5O4. The van der Waals surface area contributed by atoms with Crippen LogP contribution in [0.1, 0.15) is 32.1 Å². The Morgan fingerprint density at radius 1 is 0.971 bits per heavy atom. The summed E-state index contributed by atoms with van der Waals surface area (Å²) in [5.41, 5.74) is 0.862. The molecular weight excluding hydrogens is 434 g/mol. The maximum Gasteiger partial charge on any atom is 0.228 e. The van der Waals surface area contributed by atoms with E-state index in [0.29, 0.717) is 31.6 Å². The molecule has 0 saturated carbocycles. The molecule has 0 radical (unpaired) electrons. The molecule has 3 aliphatic heterocycles. The molecule has 5 rings (SSSR count). The molecule has 2 aromatic rings. The van der Waals surface area contributed by atoms with Gasteiger partial charge < -0.3 is 34.1 Å². The van der Waals surface area contributed by atoms with Crippen LogP contribution >= 0.6 is 0 Å². The van der Waals surface area contributed by atoms with Crippen molar-refractivity contribution in [2.75, 3.05) is 83.1 Å². The number of hydrogen-bond acceptors (Lipinski definition) is 9. The Balaban J connectivity index is 1.40. The Hall–Kier alpha value is -2.36. The molecule has 1 aromatic carbocycles. The number of nitrogens with zero attached hydrogens (tertiary/aromatic N) is 4. The number of benzene rings is 1. The van der Waals surface area contributed by atoms with Crippen LogP contribution in [0.4, 0.5) is 11.8 Å². The molecule has 186 valence electrons. The number of likely N-dealkylation sites (tertiary alicyclic amines) is 1. The Labute approximate surface area is 201 Å². The lowest BCUT2D eigenvalue weighted by atomic mass is 10.1. The third kappa shape index (κ3) is 5.64. The van der Waals surface area contributed by atoms with E-state index >= 15 is 0 Å². The average molecular weight is 472 g/mol. The summed E-state index contributed by atoms with van der Waals surface area (Å²) in [5, 5.41) is 4.62. The maximum absolute atomic E-state index is 6.19. The van der Waals surface area contributed by atoms with E-state index in [0.717, 1.165) is 80.5 Å². The number of nitrogens with one attached hydrogen (secondary N) is 1. The fraction of sp³-hybridized carbons (Fsp3) is 0.680. The number of anilines is 2. The first kappa shape index (κ1) is 23.4. The Kier molecular flexibility index (Phi) is 7.83. The number of fused-ring (bicyclic) bond motifs is 1. The van der Waals surface area contributed by atoms with Gasteiger partial charge in [0.25, 0.3) is 0 Å². The van der Waals surface area contributed by atoms with Crippen molar-refractivity contribution in [3.05, 3.63) is 12.1 Å². The van der Waals surface area contributed by atoms with Gasteiger partial charge >= 0.3 is 0 Å². The molecule has 1 N–H and O–H groups in total. The predicted molar refractivity (Wildman–Crippen MR) is 132 cm³/mol. The number of morpholine rings is 1. The third-order valence-corrected chi connectivity index (χ3v) is 6.90. The van der Waals surface area contributed by atoms with E-state index in [9.17, 15) is 0 Å². The zero-order valence-corrected chi connectivity index (χ0v) is 20.3. The number of methoxy groups -OCH3 is 1. The van der Waals surface area contributed by atoms with Crippen LogP contribution in [0.15, 0.2) is 12.1 Å². The SMILES string of the molecule is COc1cc2c(NC3CCOCC3)nc(N3CCOCC3)nc2cc1OCCCN1CCCC1. The first-order chi connectivity index (χ1) is 16.8. The predicted octanol–water partition coefficient (Wildman–Crippen LogP) is 2.93. The summed E-state index contributed by atoms with van der Waals surface area (Å²) in [4.78, 5) is 14.6. The number of rotatable bonds is 9. The summed E-state index contributed by atoms with van der Waals surface area (Å²) in [6, 6.07) is 4.35. The lowest BCUT2D eigenvalue weighted by molar-refractivity contribution is 0.0904. The van der Waals surface area contributed by atoms with Crippen molar-refractivity contribution in [3.63, 3.8) is 0 Å². The summed E-state index contributed by atoms with van der Waals surface area (Å²) >= 11 is 0. The van der Waals surface area contributed by atoms with Gasteiger partial charge in [0.15, 0.2) is 11.5 Å². The summed E-state index contributed by atoms with van der Waals surface area (Å²) in [6.07, 6.45) is 5.56. The van der Waals surface area contributed by atoms with Gasteiger partial charge in [0.2, 0.25) is 5.95 Å². The molecule has 1 aromatic heterocycles. The molecule has 0 aliphatic carbocycles. The number of aromatic nitrogens is 2. The molecule has 0 bridgehead atoms. The molecule has 0 atom stereocenters. The summed E-state index contributed by atoms with van der Waals surface area (Å²) < 4.78 is 23.0. The second-order valence-electron chi connectivity index (χ2n) is 9.27. The summed E-state index contributed by atoms with van der Waals surface area (Å²) in [7, 11) is 1.69. The quantitative estimate of drug-likeness (QED) is 0.555. The second-order valence-corrected chi connectivity index (χ2v) is 9.27. The Bertz CT molecular complexity index is 941. The molecule has 0 spiro atoms. The topological polar surface area (TPSA) is 81.2 Å². The highest BCUT2D eigenvalue weighted by Gasteiger charge is 2.21. The van der Waals surface area contributed by atoms with Gasteiger partial charge in [-0.3, -0.25) is 0 Å². The van der Waals surface area contributed by atoms with Crippen LogP contribution in [0.3, 0.4) is 0 Å². The molecule has 3 aliphatic rings. The van der Waals surface area contributed by atoms with Crippen molar-refractivity contribution in [1.82, 2.24) is 14.9 Å². The maximum atomic E-state index is 6.19. The number of hydrogen-bond donors (Lipinski definition) is 1. The van der Waals surface area contributed by atoms with Crippen molar-refractivity contribution in [2.24, 2.45) is 0 Å². The molecule has 9 heteroatoms. The van der Waals surface area contributed by atoms with Gasteiger partial charge in [-0.1, -0.05) is 0 Å². The van der Waals surface area contributed by atoms with Crippen molar-refractivity contribution in [1.29, 1.82) is 0 Å². The Morgan fingerprint density at radius 2 is 1.74 bits per heavy atom. The van der Waals surface area contributed by atoms with Crippen LogP contribution in [-0.4, -0.2) is 93.8 Å². The standard InChI is InChI=1S/C25H37N5O4/c1-31-22-17-20-21(18-23(22)34-12-4-9-29-7-2-3-8-29)27-25(30-10-15-33-16-11-30)28-24(20)26-19-5-13-32-14-6-19/h17-19H,2-16H2,1H3,(H,26,27,28). The van der Waals surface area contributed by atoms with Gasteiger partial charge in [0, 0.05) is 50.3 Å². The molecule has 9 nitrogen and oxygen atoms in total. The van der Waals surface area contributed by atoms with Crippen molar-refractivity contribution >= 4 is 22.7 Å². The molecule has 3 saturated heterocycles. The highest BCUT2D eigenvalue weighted by molar-refractivity contribution is 5.93. The lowest BCUT2D eigenvalue weighted by Crippen LogP contribution is -2.37. The molecule has 0 unspecified atom stereocenters. The van der Waals surface area contributed by atoms with E-state index in [1.807, 2.05) is 12.1 Å². The van der Waals surface area contributed by atoms with Crippen LogP contribution in [0.25, 0.3) is 10.9 Å². The van der Waals surface area contributed by atoms with Crippen LogP contribution in [0, 0.1) is 0 Å². The van der Waals surface area contributed by atoms with Gasteiger partial charge in [-0.05, 0) is 51.3 Å². The highest BCUT2D eigenvalue weighted by atomic mass is 16.5. The fourth-order valence-corrected chi connectivity index (χ4v) is 4.92. The highest BCUT2D eigenvalue weighted by Crippen LogP contribution is 2.36. The summed E-state index contributed by atoms with van der Waals surface area (Å²) in [5.74, 6) is 3.03. The third-order valence-electron chi connectivity index (χ3n) is 6.90. The first-order valence-corrected chi connectivity index (χ1v) is 12.7. The van der Waals surface area contributed by atoms with Crippen LogP contribution in [-0.2, 0) is 9.47 Å². The van der Waals surface area contributed by atoms with Crippen molar-refractivity contribution < 1.29 is 18.9 Å². The van der Waals surface area contributed by atoms with E-state index in [1.165, 1.54) is 25.9 Å². The normalized spacial score (nSPS) is 20.1. The fourth-order valence-electron chi connectivity index (χ4n) is 4.92. The molecule has 0 amide bonds. The minimum absolute atomic E-state index is 0.330. The van der Waals surface area contributed by atoms with Gasteiger partial charge in [-0.25, -0.2) is 4.98 Å². The zero-order chi connectivity index (χ0) is 23.2. The van der Waals surface area contributed by atoms with Gasteiger partial charge in [-0.2, -0.15) is 4.98 Å². The van der Waals surface area contributed by atoms with Gasteiger partial charge in [0.1, 0.15) is 5.82 Å². The average Bonchev–Trinajstić information content (AvgIpc) is 3.41. The molecule has 34 heavy (non-hydrogen) atoms. The molecule has 3 fully saturated rings. The van der Waals surface area contributed by atoms with Crippen LogP contribution < -0.4 is 19.7 Å². The van der Waals surface area contributed by atoms with E-state index < -0.39 is 0 Å². The second kappa shape index (κ2) is 11.4.